The maximum Gasteiger partial charge on any atom is 0.305 e. The van der Waals surface area contributed by atoms with Gasteiger partial charge < -0.3 is 42.6 Å². The minimum atomic E-state index is -0.752. The van der Waals surface area contributed by atoms with Crippen molar-refractivity contribution in [2.24, 2.45) is 0 Å². The van der Waals surface area contributed by atoms with E-state index in [1.165, 1.54) is 19.3 Å². The van der Waals surface area contributed by atoms with Crippen LogP contribution in [-0.2, 0) is 53.0 Å². The molecule has 0 saturated heterocycles. The van der Waals surface area contributed by atoms with Crippen LogP contribution in [0.3, 0.4) is 0 Å². The maximum absolute atomic E-state index is 11.7. The van der Waals surface area contributed by atoms with E-state index in [0.717, 1.165) is 29.5 Å². The topological polar surface area (TPSA) is 100 Å². The van der Waals surface area contributed by atoms with Gasteiger partial charge in [-0.25, -0.2) is 0 Å². The summed E-state index contributed by atoms with van der Waals surface area (Å²) >= 11 is 0. The van der Waals surface area contributed by atoms with Crippen LogP contribution in [-0.4, -0.2) is 112 Å². The Morgan fingerprint density at radius 2 is 0.736 bits per heavy atom. The number of esters is 1. The Balaban J connectivity index is 1.09. The Bertz CT molecular complexity index is 1170. The summed E-state index contributed by atoms with van der Waals surface area (Å²) in [5.41, 5.74) is 2.45. The molecule has 3 aromatic carbocycles. The fraction of sp³-hybridized carbons (Fsp3) is 0.558. The summed E-state index contributed by atoms with van der Waals surface area (Å²) in [7, 11) is 0. The molecule has 0 bridgehead atoms. The van der Waals surface area contributed by atoms with E-state index in [2.05, 4.69) is 43.3 Å². The quantitative estimate of drug-likeness (QED) is 0.0361. The van der Waals surface area contributed by atoms with Gasteiger partial charge in [0.05, 0.1) is 99.1 Å². The molecule has 0 aromatic heterocycles. The molecule has 0 radical (unpaired) electrons. The first-order valence-corrected chi connectivity index (χ1v) is 19.3. The number of hydrogen-bond acceptors (Lipinski definition) is 10. The normalized spacial score (nSPS) is 11.6. The smallest absolute Gasteiger partial charge is 0.305 e. The number of ether oxygens (including phenoxy) is 9. The van der Waals surface area contributed by atoms with Gasteiger partial charge in [-0.1, -0.05) is 124 Å². The predicted molar refractivity (Wildman–Crippen MR) is 205 cm³/mol. The van der Waals surface area contributed by atoms with Crippen molar-refractivity contribution in [1.82, 2.24) is 0 Å². The van der Waals surface area contributed by atoms with Crippen molar-refractivity contribution < 1.29 is 47.4 Å². The molecule has 3 rings (SSSR count). The van der Waals surface area contributed by atoms with Crippen molar-refractivity contribution in [3.8, 4) is 0 Å². The van der Waals surface area contributed by atoms with Crippen LogP contribution in [0.4, 0.5) is 0 Å². The summed E-state index contributed by atoms with van der Waals surface area (Å²) in [4.78, 5) is 11.7. The standard InChI is InChI=1S/C43H62O10/c1-2-3-4-5-15-22-42(44)52-37-35-50-33-31-48-29-27-46-25-23-45-24-26-47-28-30-49-32-34-51-36-38-53-43(39-16-9-6-10-17-39,40-18-11-7-12-19-40)41-20-13-8-14-21-41/h6-14,16-21H,2-5,15,22-38H2,1H3. The van der Waals surface area contributed by atoms with Gasteiger partial charge >= 0.3 is 5.97 Å². The molecule has 0 unspecified atom stereocenters. The van der Waals surface area contributed by atoms with Gasteiger partial charge in [0, 0.05) is 6.42 Å². The van der Waals surface area contributed by atoms with Crippen LogP contribution >= 0.6 is 0 Å². The molecule has 0 spiro atoms. The van der Waals surface area contributed by atoms with Crippen molar-refractivity contribution in [1.29, 1.82) is 0 Å². The highest BCUT2D eigenvalue weighted by atomic mass is 16.6. The van der Waals surface area contributed by atoms with Crippen molar-refractivity contribution in [3.63, 3.8) is 0 Å². The molecule has 10 heteroatoms. The second-order valence-corrected chi connectivity index (χ2v) is 12.3. The lowest BCUT2D eigenvalue weighted by Gasteiger charge is -2.36. The van der Waals surface area contributed by atoms with E-state index in [1.807, 2.05) is 54.6 Å². The van der Waals surface area contributed by atoms with E-state index in [9.17, 15) is 4.79 Å². The average Bonchev–Trinajstić information content (AvgIpc) is 3.20. The second-order valence-electron chi connectivity index (χ2n) is 12.3. The van der Waals surface area contributed by atoms with Crippen molar-refractivity contribution >= 4 is 5.97 Å². The van der Waals surface area contributed by atoms with Gasteiger partial charge in [-0.2, -0.15) is 0 Å². The Morgan fingerprint density at radius 3 is 1.09 bits per heavy atom. The summed E-state index contributed by atoms with van der Waals surface area (Å²) in [6.45, 7) is 9.47. The largest absolute Gasteiger partial charge is 0.463 e. The summed E-state index contributed by atoms with van der Waals surface area (Å²) in [5.74, 6) is -0.147. The Morgan fingerprint density at radius 1 is 0.415 bits per heavy atom. The molecule has 0 aliphatic carbocycles. The molecular formula is C43H62O10. The summed E-state index contributed by atoms with van der Waals surface area (Å²) < 4.78 is 51.0. The number of carbonyl (C=O) groups excluding carboxylic acids is 1. The highest BCUT2D eigenvalue weighted by molar-refractivity contribution is 5.69. The van der Waals surface area contributed by atoms with Crippen LogP contribution in [0.2, 0.25) is 0 Å². The number of unbranched alkanes of at least 4 members (excludes halogenated alkanes) is 4. The Kier molecular flexibility index (Phi) is 25.2. The first-order chi connectivity index (χ1) is 26.3. The molecule has 0 saturated carbocycles. The van der Waals surface area contributed by atoms with Gasteiger partial charge in [0.2, 0.25) is 0 Å². The van der Waals surface area contributed by atoms with Crippen LogP contribution in [0.25, 0.3) is 0 Å². The van der Waals surface area contributed by atoms with E-state index in [0.29, 0.717) is 106 Å². The third-order valence-electron chi connectivity index (χ3n) is 8.29. The molecule has 0 aliphatic rings. The van der Waals surface area contributed by atoms with E-state index in [4.69, 9.17) is 42.6 Å². The number of carbonyl (C=O) groups is 1. The van der Waals surface area contributed by atoms with Gasteiger partial charge in [-0.3, -0.25) is 4.79 Å². The zero-order valence-corrected chi connectivity index (χ0v) is 31.8. The lowest BCUT2D eigenvalue weighted by Crippen LogP contribution is -2.34. The van der Waals surface area contributed by atoms with Crippen LogP contribution in [0.5, 0.6) is 0 Å². The number of benzene rings is 3. The van der Waals surface area contributed by atoms with Gasteiger partial charge in [0.15, 0.2) is 0 Å². The zero-order chi connectivity index (χ0) is 37.3. The molecule has 0 amide bonds. The van der Waals surface area contributed by atoms with Gasteiger partial charge in [0.25, 0.3) is 0 Å². The van der Waals surface area contributed by atoms with Crippen molar-refractivity contribution in [2.45, 2.75) is 51.0 Å². The molecular weight excluding hydrogens is 676 g/mol. The first kappa shape index (κ1) is 44.2. The Labute approximate surface area is 317 Å². The van der Waals surface area contributed by atoms with Crippen molar-refractivity contribution in [3.05, 3.63) is 108 Å². The third-order valence-corrected chi connectivity index (χ3v) is 8.29. The summed E-state index contributed by atoms with van der Waals surface area (Å²) in [6.07, 6.45) is 6.07. The van der Waals surface area contributed by atoms with Crippen LogP contribution in [0.1, 0.15) is 62.1 Å². The SMILES string of the molecule is CCCCCCCC(=O)OCCOCCOCCOCCOCCOCCOCCOCCOC(c1ccccc1)(c1ccccc1)c1ccccc1. The highest BCUT2D eigenvalue weighted by Gasteiger charge is 2.37. The van der Waals surface area contributed by atoms with E-state index >= 15 is 0 Å². The van der Waals surface area contributed by atoms with Crippen molar-refractivity contribution in [2.75, 3.05) is 106 Å². The summed E-state index contributed by atoms with van der Waals surface area (Å²) in [6, 6.07) is 31.0. The third kappa shape index (κ3) is 19.1. The number of hydrogen-bond donors (Lipinski definition) is 0. The second kappa shape index (κ2) is 30.2. The lowest BCUT2D eigenvalue weighted by molar-refractivity contribution is -0.145. The van der Waals surface area contributed by atoms with Gasteiger partial charge in [-0.15, -0.1) is 0 Å². The monoisotopic (exact) mass is 738 g/mol. The molecule has 53 heavy (non-hydrogen) atoms. The van der Waals surface area contributed by atoms with Gasteiger partial charge in [0.1, 0.15) is 12.2 Å². The zero-order valence-electron chi connectivity index (χ0n) is 31.8. The molecule has 3 aromatic rings. The van der Waals surface area contributed by atoms with Crippen LogP contribution in [0.15, 0.2) is 91.0 Å². The molecule has 0 fully saturated rings. The predicted octanol–water partition coefficient (Wildman–Crippen LogP) is 7.02. The fourth-order valence-corrected chi connectivity index (χ4v) is 5.60. The molecule has 0 atom stereocenters. The molecule has 0 N–H and O–H groups in total. The molecule has 0 aliphatic heterocycles. The number of rotatable bonds is 34. The maximum atomic E-state index is 11.7. The molecule has 0 heterocycles. The Hall–Kier alpha value is -3.19. The van der Waals surface area contributed by atoms with Gasteiger partial charge in [-0.05, 0) is 23.1 Å². The van der Waals surface area contributed by atoms with Crippen LogP contribution in [0, 0.1) is 0 Å². The highest BCUT2D eigenvalue weighted by Crippen LogP contribution is 2.40. The molecule has 294 valence electrons. The van der Waals surface area contributed by atoms with E-state index in [1.54, 1.807) is 0 Å². The summed E-state index contributed by atoms with van der Waals surface area (Å²) in [5, 5.41) is 0. The molecule has 10 nitrogen and oxygen atoms in total. The lowest BCUT2D eigenvalue weighted by atomic mass is 9.80. The fourth-order valence-electron chi connectivity index (χ4n) is 5.60. The van der Waals surface area contributed by atoms with E-state index in [-0.39, 0.29) is 12.6 Å². The first-order valence-electron chi connectivity index (χ1n) is 19.3. The average molecular weight is 739 g/mol. The van der Waals surface area contributed by atoms with E-state index < -0.39 is 5.60 Å². The van der Waals surface area contributed by atoms with Crippen LogP contribution < -0.4 is 0 Å². The minimum Gasteiger partial charge on any atom is -0.463 e. The minimum absolute atomic E-state index is 0.147.